The van der Waals surface area contributed by atoms with Crippen LogP contribution in [0.4, 0.5) is 0 Å². The number of carbonyl (C=O) groups excluding carboxylic acids is 1. The Morgan fingerprint density at radius 2 is 2.20 bits per heavy atom. The standard InChI is InChI=1S/C22H36N4O3.HI/c1-4-17(2)26-21(27)20-8-5-7-18(13-20)14-25-22(23-3)24-10-6-11-28-15-19-9-12-29-16-19;/h5,7-8,13,17,19H,4,6,9-12,14-16H2,1-3H3,(H,26,27)(H2,23,24,25);1H. The van der Waals surface area contributed by atoms with E-state index in [4.69, 9.17) is 9.47 Å². The smallest absolute Gasteiger partial charge is 0.251 e. The molecule has 0 aliphatic carbocycles. The second kappa shape index (κ2) is 15.4. The fourth-order valence-electron chi connectivity index (χ4n) is 2.98. The molecule has 0 saturated carbocycles. The summed E-state index contributed by atoms with van der Waals surface area (Å²) < 4.78 is 11.1. The van der Waals surface area contributed by atoms with Crippen LogP contribution in [0, 0.1) is 5.92 Å². The van der Waals surface area contributed by atoms with E-state index < -0.39 is 0 Å². The number of carbonyl (C=O) groups is 1. The SMILES string of the molecule is CCC(C)NC(=O)c1cccc(CNC(=NC)NCCCOCC2CCOC2)c1.I. The Hall–Kier alpha value is -1.39. The predicted molar refractivity (Wildman–Crippen MR) is 132 cm³/mol. The van der Waals surface area contributed by atoms with Crippen LogP contribution in [0.5, 0.6) is 0 Å². The zero-order valence-corrected chi connectivity index (χ0v) is 20.7. The van der Waals surface area contributed by atoms with Crippen LogP contribution < -0.4 is 16.0 Å². The highest BCUT2D eigenvalue weighted by Crippen LogP contribution is 2.12. The zero-order chi connectivity index (χ0) is 20.9. The summed E-state index contributed by atoms with van der Waals surface area (Å²) in [6.45, 7) is 8.66. The van der Waals surface area contributed by atoms with E-state index in [1.54, 1.807) is 7.05 Å². The first-order valence-electron chi connectivity index (χ1n) is 10.6. The van der Waals surface area contributed by atoms with Gasteiger partial charge in [-0.3, -0.25) is 9.79 Å². The molecule has 1 aromatic rings. The van der Waals surface area contributed by atoms with Gasteiger partial charge in [-0.15, -0.1) is 24.0 Å². The summed E-state index contributed by atoms with van der Waals surface area (Å²) in [5.74, 6) is 1.26. The van der Waals surface area contributed by atoms with E-state index in [0.29, 0.717) is 18.0 Å². The molecule has 2 atom stereocenters. The number of aliphatic imine (C=N–C) groups is 1. The Balaban J connectivity index is 0.00000450. The van der Waals surface area contributed by atoms with Gasteiger partial charge in [-0.25, -0.2) is 0 Å². The maximum Gasteiger partial charge on any atom is 0.251 e. The van der Waals surface area contributed by atoms with Crippen LogP contribution in [-0.2, 0) is 16.0 Å². The molecule has 1 fully saturated rings. The Morgan fingerprint density at radius 3 is 2.90 bits per heavy atom. The maximum atomic E-state index is 12.3. The Bertz CT molecular complexity index is 651. The van der Waals surface area contributed by atoms with Crippen molar-refractivity contribution in [3.8, 4) is 0 Å². The van der Waals surface area contributed by atoms with Crippen LogP contribution in [0.15, 0.2) is 29.3 Å². The minimum Gasteiger partial charge on any atom is -0.381 e. The zero-order valence-electron chi connectivity index (χ0n) is 18.4. The lowest BCUT2D eigenvalue weighted by atomic mass is 10.1. The van der Waals surface area contributed by atoms with Gasteiger partial charge in [0.25, 0.3) is 5.91 Å². The van der Waals surface area contributed by atoms with Crippen molar-refractivity contribution in [1.82, 2.24) is 16.0 Å². The lowest BCUT2D eigenvalue weighted by Crippen LogP contribution is -2.37. The van der Waals surface area contributed by atoms with E-state index in [1.165, 1.54) is 0 Å². The van der Waals surface area contributed by atoms with E-state index in [1.807, 2.05) is 31.2 Å². The summed E-state index contributed by atoms with van der Waals surface area (Å²) in [4.78, 5) is 16.5. The molecule has 170 valence electrons. The molecule has 0 radical (unpaired) electrons. The molecule has 1 aromatic carbocycles. The number of nitrogens with one attached hydrogen (secondary N) is 3. The van der Waals surface area contributed by atoms with Crippen LogP contribution in [0.25, 0.3) is 0 Å². The molecule has 1 aliphatic heterocycles. The Morgan fingerprint density at radius 1 is 1.37 bits per heavy atom. The second-order valence-electron chi connectivity index (χ2n) is 7.49. The number of amides is 1. The van der Waals surface area contributed by atoms with Gasteiger partial charge in [-0.1, -0.05) is 19.1 Å². The van der Waals surface area contributed by atoms with E-state index in [9.17, 15) is 4.79 Å². The van der Waals surface area contributed by atoms with Crippen molar-refractivity contribution < 1.29 is 14.3 Å². The Labute approximate surface area is 197 Å². The molecule has 30 heavy (non-hydrogen) atoms. The predicted octanol–water partition coefficient (Wildman–Crippen LogP) is 2.94. The van der Waals surface area contributed by atoms with Gasteiger partial charge in [0.2, 0.25) is 0 Å². The molecule has 3 N–H and O–H groups in total. The van der Waals surface area contributed by atoms with Gasteiger partial charge in [0.1, 0.15) is 0 Å². The minimum absolute atomic E-state index is 0. The largest absolute Gasteiger partial charge is 0.381 e. The third-order valence-electron chi connectivity index (χ3n) is 5.00. The highest BCUT2D eigenvalue weighted by atomic mass is 127. The topological polar surface area (TPSA) is 84.0 Å². The molecular formula is C22H37IN4O3. The summed E-state index contributed by atoms with van der Waals surface area (Å²) in [7, 11) is 1.75. The third kappa shape index (κ3) is 10.1. The van der Waals surface area contributed by atoms with Crippen LogP contribution in [0.3, 0.4) is 0 Å². The van der Waals surface area contributed by atoms with Crippen molar-refractivity contribution in [1.29, 1.82) is 0 Å². The van der Waals surface area contributed by atoms with E-state index in [0.717, 1.165) is 63.8 Å². The normalized spacial score (nSPS) is 17.2. The van der Waals surface area contributed by atoms with Gasteiger partial charge in [0.15, 0.2) is 5.96 Å². The minimum atomic E-state index is -0.0344. The summed E-state index contributed by atoms with van der Waals surface area (Å²) in [5, 5.41) is 9.58. The lowest BCUT2D eigenvalue weighted by Gasteiger charge is -2.14. The first-order chi connectivity index (χ1) is 14.1. The quantitative estimate of drug-likeness (QED) is 0.177. The van der Waals surface area contributed by atoms with E-state index >= 15 is 0 Å². The third-order valence-corrected chi connectivity index (χ3v) is 5.00. The van der Waals surface area contributed by atoms with Crippen molar-refractivity contribution in [2.24, 2.45) is 10.9 Å². The van der Waals surface area contributed by atoms with Gasteiger partial charge in [0.05, 0.1) is 13.2 Å². The van der Waals surface area contributed by atoms with Crippen LogP contribution in [0.1, 0.15) is 49.0 Å². The lowest BCUT2D eigenvalue weighted by molar-refractivity contribution is 0.0888. The molecule has 1 heterocycles. The average Bonchev–Trinajstić information content (AvgIpc) is 3.26. The summed E-state index contributed by atoms with van der Waals surface area (Å²) in [5.41, 5.74) is 1.71. The molecule has 1 amide bonds. The summed E-state index contributed by atoms with van der Waals surface area (Å²) >= 11 is 0. The number of hydrogen-bond acceptors (Lipinski definition) is 4. The molecule has 0 aromatic heterocycles. The van der Waals surface area contributed by atoms with Crippen molar-refractivity contribution >= 4 is 35.8 Å². The van der Waals surface area contributed by atoms with Crippen LogP contribution in [-0.4, -0.2) is 57.9 Å². The molecule has 1 saturated heterocycles. The highest BCUT2D eigenvalue weighted by molar-refractivity contribution is 14.0. The molecule has 1 aliphatic rings. The van der Waals surface area contributed by atoms with Gasteiger partial charge in [0, 0.05) is 50.9 Å². The van der Waals surface area contributed by atoms with Crippen molar-refractivity contribution in [3.05, 3.63) is 35.4 Å². The van der Waals surface area contributed by atoms with E-state index in [2.05, 4.69) is 27.9 Å². The van der Waals surface area contributed by atoms with Gasteiger partial charge in [-0.05, 0) is 43.9 Å². The van der Waals surface area contributed by atoms with E-state index in [-0.39, 0.29) is 35.9 Å². The van der Waals surface area contributed by atoms with Crippen molar-refractivity contribution in [2.45, 2.75) is 45.7 Å². The number of rotatable bonds is 11. The average molecular weight is 532 g/mol. The first kappa shape index (κ1) is 26.6. The number of halogens is 1. The number of hydrogen-bond donors (Lipinski definition) is 3. The van der Waals surface area contributed by atoms with Crippen molar-refractivity contribution in [2.75, 3.05) is 40.0 Å². The van der Waals surface area contributed by atoms with Gasteiger partial charge >= 0.3 is 0 Å². The molecule has 0 bridgehead atoms. The molecule has 7 nitrogen and oxygen atoms in total. The van der Waals surface area contributed by atoms with Gasteiger partial charge in [-0.2, -0.15) is 0 Å². The number of guanidine groups is 1. The van der Waals surface area contributed by atoms with Crippen LogP contribution in [0.2, 0.25) is 0 Å². The summed E-state index contributed by atoms with van der Waals surface area (Å²) in [6, 6.07) is 7.83. The number of benzene rings is 1. The summed E-state index contributed by atoms with van der Waals surface area (Å²) in [6.07, 6.45) is 2.93. The molecule has 0 spiro atoms. The monoisotopic (exact) mass is 532 g/mol. The molecule has 2 rings (SSSR count). The first-order valence-corrected chi connectivity index (χ1v) is 10.6. The Kier molecular flexibility index (Phi) is 13.7. The second-order valence-corrected chi connectivity index (χ2v) is 7.49. The fourth-order valence-corrected chi connectivity index (χ4v) is 2.98. The van der Waals surface area contributed by atoms with Crippen molar-refractivity contribution in [3.63, 3.8) is 0 Å². The van der Waals surface area contributed by atoms with Gasteiger partial charge < -0.3 is 25.4 Å². The molecular weight excluding hydrogens is 495 g/mol. The maximum absolute atomic E-state index is 12.3. The number of nitrogens with zero attached hydrogens (tertiary/aromatic N) is 1. The van der Waals surface area contributed by atoms with Crippen LogP contribution >= 0.6 is 24.0 Å². The molecule has 8 heteroatoms. The fraction of sp³-hybridized carbons (Fsp3) is 0.636. The highest BCUT2D eigenvalue weighted by Gasteiger charge is 2.15. The number of ether oxygens (including phenoxy) is 2. The molecule has 2 unspecified atom stereocenters.